The summed E-state index contributed by atoms with van der Waals surface area (Å²) in [7, 11) is 0. The number of amides is 2. The molecule has 2 aromatic carbocycles. The number of halogens is 4. The maximum absolute atomic E-state index is 14.3. The van der Waals surface area contributed by atoms with Crippen molar-refractivity contribution in [3.63, 3.8) is 0 Å². The SMILES string of the molecule is O=C(Nc1cc(Cl)nc(Cl)c1)N1CC2(CCN(CC=Cc3ccc(Cl)cc3)CC2)c2cc(F)ccc21. The Hall–Kier alpha value is -2.64. The van der Waals surface area contributed by atoms with Gasteiger partial charge in [-0.2, -0.15) is 0 Å². The summed E-state index contributed by atoms with van der Waals surface area (Å²) in [4.78, 5) is 21.2. The zero-order valence-electron chi connectivity index (χ0n) is 19.4. The van der Waals surface area contributed by atoms with E-state index in [4.69, 9.17) is 34.8 Å². The number of benzene rings is 2. The van der Waals surface area contributed by atoms with Gasteiger partial charge >= 0.3 is 6.03 Å². The van der Waals surface area contributed by atoms with E-state index in [0.717, 1.165) is 54.3 Å². The van der Waals surface area contributed by atoms with E-state index < -0.39 is 0 Å². The van der Waals surface area contributed by atoms with Gasteiger partial charge in [0.15, 0.2) is 0 Å². The summed E-state index contributed by atoms with van der Waals surface area (Å²) in [6.07, 6.45) is 5.89. The normalized spacial score (nSPS) is 17.1. The topological polar surface area (TPSA) is 48.5 Å². The molecular formula is C27H24Cl3FN4O. The first-order valence-corrected chi connectivity index (χ1v) is 12.8. The van der Waals surface area contributed by atoms with Gasteiger partial charge in [0.1, 0.15) is 16.1 Å². The monoisotopic (exact) mass is 544 g/mol. The maximum atomic E-state index is 14.3. The highest BCUT2D eigenvalue weighted by atomic mass is 35.5. The number of fused-ring (bicyclic) bond motifs is 2. The maximum Gasteiger partial charge on any atom is 0.326 e. The van der Waals surface area contributed by atoms with Gasteiger partial charge in [0, 0.05) is 34.9 Å². The molecule has 5 nitrogen and oxygen atoms in total. The molecule has 0 aliphatic carbocycles. The molecule has 3 aromatic rings. The van der Waals surface area contributed by atoms with E-state index in [0.29, 0.717) is 12.2 Å². The van der Waals surface area contributed by atoms with Gasteiger partial charge < -0.3 is 5.32 Å². The van der Waals surface area contributed by atoms with Crippen LogP contribution in [0.3, 0.4) is 0 Å². The Morgan fingerprint density at radius 3 is 2.42 bits per heavy atom. The van der Waals surface area contributed by atoms with Gasteiger partial charge in [0.25, 0.3) is 0 Å². The smallest absolute Gasteiger partial charge is 0.307 e. The largest absolute Gasteiger partial charge is 0.326 e. The number of anilines is 2. The van der Waals surface area contributed by atoms with Crippen molar-refractivity contribution in [2.75, 3.05) is 36.4 Å². The van der Waals surface area contributed by atoms with Crippen LogP contribution < -0.4 is 10.2 Å². The fraction of sp³-hybridized carbons (Fsp3) is 0.259. The van der Waals surface area contributed by atoms with Gasteiger partial charge in [0.2, 0.25) is 0 Å². The number of pyridine rings is 1. The number of aromatic nitrogens is 1. The molecule has 1 spiro atoms. The van der Waals surface area contributed by atoms with Crippen molar-refractivity contribution in [2.45, 2.75) is 18.3 Å². The van der Waals surface area contributed by atoms with Crippen LogP contribution in [-0.4, -0.2) is 42.1 Å². The fourth-order valence-corrected chi connectivity index (χ4v) is 5.64. The number of carbonyl (C=O) groups is 1. The number of hydrogen-bond donors (Lipinski definition) is 1. The molecule has 0 atom stereocenters. The summed E-state index contributed by atoms with van der Waals surface area (Å²) in [5.41, 5.74) is 2.89. The van der Waals surface area contributed by atoms with E-state index in [1.807, 2.05) is 24.3 Å². The average Bonchev–Trinajstić information content (AvgIpc) is 3.14. The molecule has 5 rings (SSSR count). The predicted octanol–water partition coefficient (Wildman–Crippen LogP) is 7.28. The summed E-state index contributed by atoms with van der Waals surface area (Å²) in [6.45, 7) is 3.01. The minimum Gasteiger partial charge on any atom is -0.307 e. The summed E-state index contributed by atoms with van der Waals surface area (Å²) in [6, 6.07) is 15.2. The molecule has 186 valence electrons. The Balaban J connectivity index is 1.28. The third-order valence-corrected chi connectivity index (χ3v) is 7.54. The van der Waals surface area contributed by atoms with Gasteiger partial charge in [-0.15, -0.1) is 0 Å². The number of nitrogens with zero attached hydrogens (tertiary/aromatic N) is 3. The van der Waals surface area contributed by atoms with Crippen molar-refractivity contribution in [2.24, 2.45) is 0 Å². The highest BCUT2D eigenvalue weighted by Crippen LogP contribution is 2.47. The van der Waals surface area contributed by atoms with Gasteiger partial charge in [0.05, 0.1) is 0 Å². The van der Waals surface area contributed by atoms with E-state index in [1.54, 1.807) is 29.2 Å². The third-order valence-electron chi connectivity index (χ3n) is 6.90. The molecular weight excluding hydrogens is 522 g/mol. The Bertz CT molecular complexity index is 1290. The molecule has 2 amide bonds. The van der Waals surface area contributed by atoms with Gasteiger partial charge in [-0.1, -0.05) is 59.1 Å². The molecule has 2 aliphatic heterocycles. The molecule has 2 aliphatic rings. The minimum absolute atomic E-state index is 0.190. The lowest BCUT2D eigenvalue weighted by Crippen LogP contribution is -2.46. The quantitative estimate of drug-likeness (QED) is 0.351. The zero-order valence-corrected chi connectivity index (χ0v) is 21.6. The zero-order chi connectivity index (χ0) is 25.3. The molecule has 1 saturated heterocycles. The van der Waals surface area contributed by atoms with Crippen LogP contribution in [0.5, 0.6) is 0 Å². The lowest BCUT2D eigenvalue weighted by molar-refractivity contribution is 0.180. The van der Waals surface area contributed by atoms with E-state index in [9.17, 15) is 9.18 Å². The number of likely N-dealkylation sites (tertiary alicyclic amines) is 1. The van der Waals surface area contributed by atoms with Crippen molar-refractivity contribution in [1.29, 1.82) is 0 Å². The molecule has 9 heteroatoms. The van der Waals surface area contributed by atoms with E-state index in [-0.39, 0.29) is 27.6 Å². The van der Waals surface area contributed by atoms with Gasteiger partial charge in [-0.05, 0) is 79.5 Å². The molecule has 36 heavy (non-hydrogen) atoms. The van der Waals surface area contributed by atoms with Crippen molar-refractivity contribution in [3.05, 3.63) is 92.9 Å². The van der Waals surface area contributed by atoms with E-state index >= 15 is 0 Å². The molecule has 0 saturated carbocycles. The van der Waals surface area contributed by atoms with Crippen LogP contribution in [0, 0.1) is 5.82 Å². The van der Waals surface area contributed by atoms with Crippen LogP contribution in [0.4, 0.5) is 20.6 Å². The molecule has 1 aromatic heterocycles. The highest BCUT2D eigenvalue weighted by molar-refractivity contribution is 6.33. The predicted molar refractivity (Wildman–Crippen MR) is 145 cm³/mol. The van der Waals surface area contributed by atoms with Gasteiger partial charge in [-0.3, -0.25) is 9.80 Å². The van der Waals surface area contributed by atoms with Crippen LogP contribution >= 0.6 is 34.8 Å². The van der Waals surface area contributed by atoms with Crippen molar-refractivity contribution >= 4 is 58.3 Å². The summed E-state index contributed by atoms with van der Waals surface area (Å²) >= 11 is 17.9. The number of piperidine rings is 1. The van der Waals surface area contributed by atoms with Crippen LogP contribution in [0.15, 0.2) is 60.7 Å². The second-order valence-electron chi connectivity index (χ2n) is 9.21. The molecule has 0 unspecified atom stereocenters. The summed E-state index contributed by atoms with van der Waals surface area (Å²) in [5.74, 6) is -0.295. The second-order valence-corrected chi connectivity index (χ2v) is 10.4. The standard InChI is InChI=1S/C27H24Cl3FN4O/c28-19-5-3-18(4-6-19)2-1-11-34-12-9-27(10-13-34)17-35(23-8-7-20(31)14-22(23)27)26(36)32-21-15-24(29)33-25(30)16-21/h1-8,14-16H,9-13,17H2,(H,32,33,36). The van der Waals surface area contributed by atoms with Crippen LogP contribution in [0.2, 0.25) is 15.3 Å². The number of hydrogen-bond acceptors (Lipinski definition) is 3. The summed E-state index contributed by atoms with van der Waals surface area (Å²) < 4.78 is 14.3. The Morgan fingerprint density at radius 2 is 1.72 bits per heavy atom. The number of urea groups is 1. The average molecular weight is 546 g/mol. The minimum atomic E-state index is -0.314. The van der Waals surface area contributed by atoms with Crippen LogP contribution in [0.25, 0.3) is 6.08 Å². The van der Waals surface area contributed by atoms with Crippen LogP contribution in [-0.2, 0) is 5.41 Å². The van der Waals surface area contributed by atoms with Crippen molar-refractivity contribution < 1.29 is 9.18 Å². The van der Waals surface area contributed by atoms with Crippen LogP contribution in [0.1, 0.15) is 24.0 Å². The highest BCUT2D eigenvalue weighted by Gasteiger charge is 2.46. The van der Waals surface area contributed by atoms with Gasteiger partial charge in [-0.25, -0.2) is 14.2 Å². The molecule has 3 heterocycles. The molecule has 1 N–H and O–H groups in total. The lowest BCUT2D eigenvalue weighted by Gasteiger charge is -2.39. The number of nitrogens with one attached hydrogen (secondary N) is 1. The molecule has 1 fully saturated rings. The molecule has 0 bridgehead atoms. The van der Waals surface area contributed by atoms with E-state index in [2.05, 4.69) is 27.4 Å². The Kier molecular flexibility index (Phi) is 7.22. The van der Waals surface area contributed by atoms with E-state index in [1.165, 1.54) is 6.07 Å². The molecule has 0 radical (unpaired) electrons. The first kappa shape index (κ1) is 25.0. The summed E-state index contributed by atoms with van der Waals surface area (Å²) in [5, 5.41) is 3.96. The third kappa shape index (κ3) is 5.37. The number of carbonyl (C=O) groups excluding carboxylic acids is 1. The number of rotatable bonds is 4. The Labute approximate surface area is 224 Å². The van der Waals surface area contributed by atoms with Crippen molar-refractivity contribution in [3.8, 4) is 0 Å². The van der Waals surface area contributed by atoms with Crippen molar-refractivity contribution in [1.82, 2.24) is 9.88 Å². The second kappa shape index (κ2) is 10.4. The first-order valence-electron chi connectivity index (χ1n) is 11.7. The lowest BCUT2D eigenvalue weighted by atomic mass is 9.74. The Morgan fingerprint density at radius 1 is 1.03 bits per heavy atom. The fourth-order valence-electron chi connectivity index (χ4n) is 5.05. The first-order chi connectivity index (χ1) is 17.3.